The topological polar surface area (TPSA) is 42.7 Å². The Morgan fingerprint density at radius 1 is 1.47 bits per heavy atom. The fourth-order valence-corrected chi connectivity index (χ4v) is 3.21. The predicted octanol–water partition coefficient (Wildman–Crippen LogP) is 3.72. The molecular weight excluding hydrogens is 304 g/mol. The minimum absolute atomic E-state index is 0.456. The third-order valence-electron chi connectivity index (χ3n) is 3.60. The number of hydrogen-bond acceptors (Lipinski definition) is 3. The maximum Gasteiger partial charge on any atom is 0.139 e. The largest absolute Gasteiger partial charge is 0.369 e. The molecule has 1 aliphatic rings. The van der Waals surface area contributed by atoms with Crippen molar-refractivity contribution in [2.75, 3.05) is 11.9 Å². The lowest BCUT2D eigenvalue weighted by atomic mass is 10.00. The molecule has 1 atom stereocenters. The molecule has 0 aromatic carbocycles. The van der Waals surface area contributed by atoms with Gasteiger partial charge in [0.05, 0.1) is 10.5 Å². The van der Waals surface area contributed by atoms with Crippen LogP contribution in [0.2, 0.25) is 0 Å². The van der Waals surface area contributed by atoms with Crippen molar-refractivity contribution in [2.24, 2.45) is 5.92 Å². The number of nitrogens with one attached hydrogen (secondary N) is 1. The number of halogens is 1. The first kappa shape index (κ1) is 12.7. The second-order valence-corrected chi connectivity index (χ2v) is 6.02. The summed E-state index contributed by atoms with van der Waals surface area (Å²) in [6, 6.07) is 4.43. The van der Waals surface area contributed by atoms with Crippen molar-refractivity contribution in [1.82, 2.24) is 14.8 Å². The number of pyridine rings is 1. The van der Waals surface area contributed by atoms with Crippen molar-refractivity contribution in [3.8, 4) is 11.3 Å². The summed E-state index contributed by atoms with van der Waals surface area (Å²) in [5, 5.41) is 8.23. The molecule has 0 aliphatic carbocycles. The van der Waals surface area contributed by atoms with Crippen molar-refractivity contribution in [3.05, 3.63) is 29.0 Å². The summed E-state index contributed by atoms with van der Waals surface area (Å²) in [5.41, 5.74) is 2.00. The van der Waals surface area contributed by atoms with Crippen LogP contribution in [0, 0.1) is 5.92 Å². The maximum absolute atomic E-state index is 4.79. The summed E-state index contributed by atoms with van der Waals surface area (Å²) >= 11 is 3.68. The summed E-state index contributed by atoms with van der Waals surface area (Å²) in [6.07, 6.45) is 4.75. The minimum atomic E-state index is 0.456. The molecule has 19 heavy (non-hydrogen) atoms. The van der Waals surface area contributed by atoms with Gasteiger partial charge >= 0.3 is 0 Å². The summed E-state index contributed by atoms with van der Waals surface area (Å²) in [6.45, 7) is 5.50. The molecule has 2 aromatic rings. The van der Waals surface area contributed by atoms with E-state index in [4.69, 9.17) is 5.10 Å². The van der Waals surface area contributed by atoms with Gasteiger partial charge in [-0.1, -0.05) is 13.8 Å². The highest BCUT2D eigenvalue weighted by Crippen LogP contribution is 2.39. The first-order chi connectivity index (χ1) is 9.18. The first-order valence-electron chi connectivity index (χ1n) is 6.60. The van der Waals surface area contributed by atoms with Gasteiger partial charge in [0.25, 0.3) is 0 Å². The maximum atomic E-state index is 4.79. The van der Waals surface area contributed by atoms with Crippen LogP contribution in [0.5, 0.6) is 0 Å². The van der Waals surface area contributed by atoms with Gasteiger partial charge in [-0.05, 0) is 40.4 Å². The molecule has 1 unspecified atom stereocenters. The SMILES string of the molecule is CC(C)C1CCNc2c(Br)c(-c3cccnc3)nn21. The van der Waals surface area contributed by atoms with Crippen molar-refractivity contribution < 1.29 is 0 Å². The second kappa shape index (κ2) is 4.96. The molecule has 100 valence electrons. The van der Waals surface area contributed by atoms with E-state index in [1.807, 2.05) is 18.3 Å². The predicted molar refractivity (Wildman–Crippen MR) is 80.1 cm³/mol. The Kier molecular flexibility index (Phi) is 3.31. The first-order valence-corrected chi connectivity index (χ1v) is 7.40. The van der Waals surface area contributed by atoms with E-state index < -0.39 is 0 Å². The van der Waals surface area contributed by atoms with Gasteiger partial charge in [-0.15, -0.1) is 0 Å². The fraction of sp³-hybridized carbons (Fsp3) is 0.429. The van der Waals surface area contributed by atoms with Crippen LogP contribution in [-0.4, -0.2) is 21.3 Å². The van der Waals surface area contributed by atoms with Crippen molar-refractivity contribution in [2.45, 2.75) is 26.3 Å². The Morgan fingerprint density at radius 2 is 2.32 bits per heavy atom. The molecule has 4 nitrogen and oxygen atoms in total. The Bertz CT molecular complexity index is 577. The van der Waals surface area contributed by atoms with E-state index >= 15 is 0 Å². The van der Waals surface area contributed by atoms with Crippen LogP contribution in [0.15, 0.2) is 29.0 Å². The zero-order valence-electron chi connectivity index (χ0n) is 11.1. The third kappa shape index (κ3) is 2.16. The Balaban J connectivity index is 2.10. The van der Waals surface area contributed by atoms with Gasteiger partial charge in [-0.25, -0.2) is 4.68 Å². The molecule has 0 bridgehead atoms. The molecule has 0 saturated heterocycles. The molecule has 0 amide bonds. The molecule has 1 aliphatic heterocycles. The van der Waals surface area contributed by atoms with Crippen molar-refractivity contribution in [1.29, 1.82) is 0 Å². The molecule has 3 rings (SSSR count). The Hall–Kier alpha value is -1.36. The minimum Gasteiger partial charge on any atom is -0.369 e. The number of rotatable bonds is 2. The lowest BCUT2D eigenvalue weighted by Gasteiger charge is -2.28. The smallest absolute Gasteiger partial charge is 0.139 e. The molecule has 0 radical (unpaired) electrons. The van der Waals surface area contributed by atoms with Gasteiger partial charge in [0.2, 0.25) is 0 Å². The summed E-state index contributed by atoms with van der Waals surface area (Å²) in [4.78, 5) is 4.17. The quantitative estimate of drug-likeness (QED) is 0.917. The summed E-state index contributed by atoms with van der Waals surface area (Å²) in [7, 11) is 0. The standard InChI is InChI=1S/C14H17BrN4/c1-9(2)11-5-7-17-14-12(15)13(18-19(11)14)10-4-3-6-16-8-10/h3-4,6,8-9,11,17H,5,7H2,1-2H3. The molecule has 1 N–H and O–H groups in total. The molecular formula is C14H17BrN4. The van der Waals surface area contributed by atoms with E-state index in [0.717, 1.165) is 34.5 Å². The van der Waals surface area contributed by atoms with Gasteiger partial charge < -0.3 is 5.32 Å². The summed E-state index contributed by atoms with van der Waals surface area (Å²) in [5.74, 6) is 1.67. The molecule has 3 heterocycles. The third-order valence-corrected chi connectivity index (χ3v) is 4.35. The van der Waals surface area contributed by atoms with Crippen LogP contribution in [0.4, 0.5) is 5.82 Å². The number of nitrogens with zero attached hydrogens (tertiary/aromatic N) is 3. The van der Waals surface area contributed by atoms with E-state index in [9.17, 15) is 0 Å². The molecule has 2 aromatic heterocycles. The van der Waals surface area contributed by atoms with E-state index in [-0.39, 0.29) is 0 Å². The molecule has 0 spiro atoms. The highest BCUT2D eigenvalue weighted by Gasteiger charge is 2.27. The van der Waals surface area contributed by atoms with E-state index in [1.165, 1.54) is 0 Å². The highest BCUT2D eigenvalue weighted by atomic mass is 79.9. The van der Waals surface area contributed by atoms with E-state index in [0.29, 0.717) is 12.0 Å². The van der Waals surface area contributed by atoms with Crippen LogP contribution in [0.25, 0.3) is 11.3 Å². The molecule has 0 saturated carbocycles. The van der Waals surface area contributed by atoms with Crippen LogP contribution in [0.3, 0.4) is 0 Å². The van der Waals surface area contributed by atoms with Gasteiger partial charge in [-0.2, -0.15) is 5.10 Å². The van der Waals surface area contributed by atoms with Crippen molar-refractivity contribution in [3.63, 3.8) is 0 Å². The van der Waals surface area contributed by atoms with Crippen LogP contribution in [-0.2, 0) is 0 Å². The summed E-state index contributed by atoms with van der Waals surface area (Å²) < 4.78 is 3.16. The van der Waals surface area contributed by atoms with E-state index in [1.54, 1.807) is 6.20 Å². The van der Waals surface area contributed by atoms with Gasteiger partial charge in [0.15, 0.2) is 0 Å². The van der Waals surface area contributed by atoms with Gasteiger partial charge in [-0.3, -0.25) is 4.98 Å². The van der Waals surface area contributed by atoms with Crippen LogP contribution in [0.1, 0.15) is 26.3 Å². The fourth-order valence-electron chi connectivity index (χ4n) is 2.58. The Labute approximate surface area is 121 Å². The second-order valence-electron chi connectivity index (χ2n) is 5.22. The Morgan fingerprint density at radius 3 is 3.00 bits per heavy atom. The number of hydrogen-bond donors (Lipinski definition) is 1. The number of fused-ring (bicyclic) bond motifs is 1. The number of anilines is 1. The van der Waals surface area contributed by atoms with Crippen molar-refractivity contribution >= 4 is 21.7 Å². The van der Waals surface area contributed by atoms with Gasteiger partial charge in [0, 0.05) is 24.5 Å². The monoisotopic (exact) mass is 320 g/mol. The van der Waals surface area contributed by atoms with Crippen LogP contribution >= 0.6 is 15.9 Å². The highest BCUT2D eigenvalue weighted by molar-refractivity contribution is 9.10. The molecule has 0 fully saturated rings. The zero-order valence-corrected chi connectivity index (χ0v) is 12.7. The average molecular weight is 321 g/mol. The average Bonchev–Trinajstić information content (AvgIpc) is 2.77. The molecule has 5 heteroatoms. The van der Waals surface area contributed by atoms with Gasteiger partial charge in [0.1, 0.15) is 11.5 Å². The van der Waals surface area contributed by atoms with Crippen LogP contribution < -0.4 is 5.32 Å². The van der Waals surface area contributed by atoms with E-state index in [2.05, 4.69) is 44.8 Å². The lowest BCUT2D eigenvalue weighted by Crippen LogP contribution is -2.26. The normalized spacial score (nSPS) is 18.2. The number of aromatic nitrogens is 3. The lowest BCUT2D eigenvalue weighted by molar-refractivity contribution is 0.323. The zero-order chi connectivity index (χ0) is 13.4.